The van der Waals surface area contributed by atoms with Crippen molar-refractivity contribution in [1.82, 2.24) is 10.2 Å². The molecule has 0 aliphatic heterocycles. The van der Waals surface area contributed by atoms with Gasteiger partial charge in [0.05, 0.1) is 11.1 Å². The van der Waals surface area contributed by atoms with Crippen LogP contribution in [0.1, 0.15) is 5.56 Å². The van der Waals surface area contributed by atoms with Crippen molar-refractivity contribution in [2.45, 2.75) is 6.18 Å². The number of H-pyrrole nitrogens is 1. The van der Waals surface area contributed by atoms with Gasteiger partial charge in [-0.2, -0.15) is 18.3 Å². The summed E-state index contributed by atoms with van der Waals surface area (Å²) in [4.78, 5) is 0. The Morgan fingerprint density at radius 1 is 1.27 bits per heavy atom. The van der Waals surface area contributed by atoms with E-state index in [1.165, 1.54) is 5.54 Å². The molecular weight excluding hydrogens is 214 g/mol. The van der Waals surface area contributed by atoms with E-state index in [1.807, 2.05) is 0 Å². The molecule has 1 aromatic carbocycles. The number of nitrogens with one attached hydrogen (secondary N) is 2. The fourth-order valence-corrected chi connectivity index (χ4v) is 1.27. The van der Waals surface area contributed by atoms with Crippen molar-refractivity contribution in [2.75, 3.05) is 5.54 Å². The summed E-state index contributed by atoms with van der Waals surface area (Å²) in [6.07, 6.45) is -4.41. The number of hydrogen-bond donors (Lipinski definition) is 2. The summed E-state index contributed by atoms with van der Waals surface area (Å²) >= 11 is 0. The zero-order valence-electron chi connectivity index (χ0n) is 7.19. The van der Waals surface area contributed by atoms with Gasteiger partial charge in [-0.3, -0.25) is 5.10 Å². The molecule has 15 heavy (non-hydrogen) atoms. The topological polar surface area (TPSA) is 40.7 Å². The van der Waals surface area contributed by atoms with Gasteiger partial charge in [-0.15, -0.1) is 4.48 Å². The first kappa shape index (κ1) is 9.75. The largest absolute Gasteiger partial charge is 0.416 e. The van der Waals surface area contributed by atoms with Crippen LogP contribution < -0.4 is 5.54 Å². The number of nitrogens with zero attached hydrogens (tertiary/aromatic N) is 1. The molecule has 0 amide bonds. The zero-order chi connectivity index (χ0) is 11.1. The second kappa shape index (κ2) is 3.11. The molecule has 0 saturated heterocycles. The Hall–Kier alpha value is -1.79. The number of benzene rings is 1. The van der Waals surface area contributed by atoms with Crippen LogP contribution in [0.4, 0.5) is 23.5 Å². The van der Waals surface area contributed by atoms with Gasteiger partial charge in [-0.25, -0.2) is 5.54 Å². The molecule has 0 aliphatic rings. The maximum absolute atomic E-state index is 12.3. The Kier molecular flexibility index (Phi) is 2.02. The predicted octanol–water partition coefficient (Wildman–Crippen LogP) is 2.88. The molecule has 0 atom stereocenters. The normalized spacial score (nSPS) is 12.0. The first-order chi connectivity index (χ1) is 7.02. The van der Waals surface area contributed by atoms with Gasteiger partial charge in [0.1, 0.15) is 0 Å². The van der Waals surface area contributed by atoms with Gasteiger partial charge in [0, 0.05) is 5.39 Å². The monoisotopic (exact) mass is 219 g/mol. The first-order valence-corrected chi connectivity index (χ1v) is 3.94. The number of alkyl halides is 3. The highest BCUT2D eigenvalue weighted by Crippen LogP contribution is 2.32. The quantitative estimate of drug-likeness (QED) is 0.571. The third-order valence-electron chi connectivity index (χ3n) is 1.98. The van der Waals surface area contributed by atoms with Crippen LogP contribution in [-0.2, 0) is 6.18 Å². The van der Waals surface area contributed by atoms with E-state index in [-0.39, 0.29) is 16.7 Å². The highest BCUT2D eigenvalue weighted by Gasteiger charge is 2.30. The van der Waals surface area contributed by atoms with Crippen molar-refractivity contribution in [1.29, 1.82) is 0 Å². The van der Waals surface area contributed by atoms with Crippen molar-refractivity contribution in [3.63, 3.8) is 0 Å². The van der Waals surface area contributed by atoms with Crippen molar-refractivity contribution in [3.05, 3.63) is 23.8 Å². The molecule has 2 rings (SSSR count). The molecule has 1 heterocycles. The lowest BCUT2D eigenvalue weighted by atomic mass is 10.1. The molecule has 3 nitrogen and oxygen atoms in total. The number of rotatable bonds is 1. The first-order valence-electron chi connectivity index (χ1n) is 3.94. The molecule has 0 bridgehead atoms. The van der Waals surface area contributed by atoms with Crippen molar-refractivity contribution >= 4 is 16.7 Å². The second-order valence-corrected chi connectivity index (χ2v) is 2.92. The van der Waals surface area contributed by atoms with Gasteiger partial charge in [0.2, 0.25) is 0 Å². The van der Waals surface area contributed by atoms with Gasteiger partial charge in [-0.05, 0) is 18.2 Å². The molecule has 0 spiro atoms. The van der Waals surface area contributed by atoms with Crippen LogP contribution in [0.5, 0.6) is 0 Å². The van der Waals surface area contributed by atoms with Gasteiger partial charge in [0.15, 0.2) is 5.82 Å². The van der Waals surface area contributed by atoms with Crippen molar-refractivity contribution in [3.8, 4) is 0 Å². The SMILES string of the molecule is FNc1n[nH]c2cc(C(F)(F)F)ccc12. The Bertz CT molecular complexity index is 488. The standard InChI is InChI=1S/C8H5F4N3/c9-8(10,11)4-1-2-5-6(3-4)14-15-7(5)13-12/h1-3H,(H2,13,14,15). The number of anilines is 1. The summed E-state index contributed by atoms with van der Waals surface area (Å²) in [5.74, 6) is -0.126. The van der Waals surface area contributed by atoms with Gasteiger partial charge >= 0.3 is 6.18 Å². The smallest absolute Gasteiger partial charge is 0.276 e. The highest BCUT2D eigenvalue weighted by molar-refractivity contribution is 5.89. The minimum absolute atomic E-state index is 0.126. The van der Waals surface area contributed by atoms with E-state index in [0.717, 1.165) is 18.2 Å². The minimum Gasteiger partial charge on any atom is -0.276 e. The van der Waals surface area contributed by atoms with Crippen LogP contribution in [-0.4, -0.2) is 10.2 Å². The number of fused-ring (bicyclic) bond motifs is 1. The Labute approximate surface area is 81.0 Å². The van der Waals surface area contributed by atoms with Crippen LogP contribution in [0.3, 0.4) is 0 Å². The summed E-state index contributed by atoms with van der Waals surface area (Å²) in [5.41, 5.74) is 0.612. The number of halogens is 4. The van der Waals surface area contributed by atoms with Crippen LogP contribution in [0.15, 0.2) is 18.2 Å². The Morgan fingerprint density at radius 2 is 2.00 bits per heavy atom. The zero-order valence-corrected chi connectivity index (χ0v) is 7.19. The summed E-state index contributed by atoms with van der Waals surface area (Å²) in [6.45, 7) is 0. The van der Waals surface area contributed by atoms with Crippen molar-refractivity contribution in [2.24, 2.45) is 0 Å². The molecule has 80 valence electrons. The van der Waals surface area contributed by atoms with E-state index in [9.17, 15) is 17.7 Å². The average Bonchev–Trinajstić information content (AvgIpc) is 2.58. The predicted molar refractivity (Wildman–Crippen MR) is 45.8 cm³/mol. The fraction of sp³-hybridized carbons (Fsp3) is 0.125. The molecule has 0 radical (unpaired) electrons. The van der Waals surface area contributed by atoms with Crippen LogP contribution in [0.2, 0.25) is 0 Å². The number of aromatic nitrogens is 2. The molecule has 0 unspecified atom stereocenters. The summed E-state index contributed by atoms with van der Waals surface area (Å²) in [7, 11) is 0. The Balaban J connectivity index is 2.58. The molecule has 2 N–H and O–H groups in total. The lowest BCUT2D eigenvalue weighted by Crippen LogP contribution is -2.04. The van der Waals surface area contributed by atoms with E-state index in [2.05, 4.69) is 10.2 Å². The van der Waals surface area contributed by atoms with E-state index in [1.54, 1.807) is 0 Å². The molecule has 0 fully saturated rings. The van der Waals surface area contributed by atoms with Crippen LogP contribution in [0.25, 0.3) is 10.9 Å². The van der Waals surface area contributed by atoms with E-state index >= 15 is 0 Å². The lowest BCUT2D eigenvalue weighted by molar-refractivity contribution is -0.137. The molecular formula is C8H5F4N3. The van der Waals surface area contributed by atoms with E-state index in [0.29, 0.717) is 0 Å². The van der Waals surface area contributed by atoms with Crippen LogP contribution in [0, 0.1) is 0 Å². The molecule has 2 aromatic rings. The molecule has 1 aromatic heterocycles. The minimum atomic E-state index is -4.41. The Morgan fingerprint density at radius 3 is 2.60 bits per heavy atom. The highest BCUT2D eigenvalue weighted by atomic mass is 19.4. The third-order valence-corrected chi connectivity index (χ3v) is 1.98. The third kappa shape index (κ3) is 1.60. The molecule has 0 saturated carbocycles. The molecule has 7 heteroatoms. The molecule has 0 aliphatic carbocycles. The summed E-state index contributed by atoms with van der Waals surface area (Å²) < 4.78 is 48.9. The van der Waals surface area contributed by atoms with Gasteiger partial charge < -0.3 is 0 Å². The van der Waals surface area contributed by atoms with E-state index < -0.39 is 11.7 Å². The summed E-state index contributed by atoms with van der Waals surface area (Å²) in [6, 6.07) is 2.91. The number of aromatic amines is 1. The fourth-order valence-electron chi connectivity index (χ4n) is 1.27. The maximum Gasteiger partial charge on any atom is 0.416 e. The van der Waals surface area contributed by atoms with Crippen LogP contribution >= 0.6 is 0 Å². The van der Waals surface area contributed by atoms with E-state index in [4.69, 9.17) is 0 Å². The lowest BCUT2D eigenvalue weighted by Gasteiger charge is -2.05. The van der Waals surface area contributed by atoms with Crippen molar-refractivity contribution < 1.29 is 17.7 Å². The summed E-state index contributed by atoms with van der Waals surface area (Å²) in [5, 5.41) is 6.03. The van der Waals surface area contributed by atoms with Gasteiger partial charge in [0.25, 0.3) is 0 Å². The second-order valence-electron chi connectivity index (χ2n) is 2.92. The number of hydrogen-bond acceptors (Lipinski definition) is 2. The average molecular weight is 219 g/mol. The maximum atomic E-state index is 12.3. The van der Waals surface area contributed by atoms with Gasteiger partial charge in [-0.1, -0.05) is 0 Å².